The van der Waals surface area contributed by atoms with Crippen LogP contribution in [0.1, 0.15) is 33.3 Å². The van der Waals surface area contributed by atoms with Gasteiger partial charge >= 0.3 is 24.0 Å². The average Bonchev–Trinajstić information content (AvgIpc) is 3.18. The zero-order valence-electron chi connectivity index (χ0n) is 31.2. The molecule has 0 spiro atoms. The molecule has 1 aliphatic rings. The number of ether oxygens (including phenoxy) is 6. The smallest absolute Gasteiger partial charge is 0.408 e. The largest absolute Gasteiger partial charge is 0.467 e. The summed E-state index contributed by atoms with van der Waals surface area (Å²) in [6, 6.07) is 25.5. The number of hydrogen-bond acceptors (Lipinski definition) is 12. The molecular weight excluding hydrogens is 752 g/mol. The van der Waals surface area contributed by atoms with Crippen molar-refractivity contribution in [3.05, 3.63) is 107 Å². The van der Waals surface area contributed by atoms with Crippen LogP contribution in [0.15, 0.2) is 96.1 Å². The monoisotopic (exact) mass is 796 g/mol. The van der Waals surface area contributed by atoms with Crippen LogP contribution in [0.25, 0.3) is 10.4 Å². The maximum absolute atomic E-state index is 12.8. The zero-order chi connectivity index (χ0) is 40.0. The molecule has 1 saturated heterocycles. The number of alkyl carbamates (subject to hydrolysis) is 1. The van der Waals surface area contributed by atoms with Crippen molar-refractivity contribution in [2.45, 2.75) is 76.0 Å². The molecule has 1 N–H and O–H groups in total. The first-order chi connectivity index (χ1) is 26.3. The Morgan fingerprint density at radius 1 is 0.927 bits per heavy atom. The van der Waals surface area contributed by atoms with Crippen molar-refractivity contribution < 1.29 is 52.0 Å². The molecule has 0 aliphatic carbocycles. The summed E-state index contributed by atoms with van der Waals surface area (Å²) in [5, 5.41) is 7.63. The van der Waals surface area contributed by atoms with Gasteiger partial charge in [-0.3, -0.25) is 9.59 Å². The lowest BCUT2D eigenvalue weighted by atomic mass is 9.97. The number of halogens is 1. The van der Waals surface area contributed by atoms with E-state index in [0.717, 1.165) is 24.4 Å². The molecule has 0 aromatic heterocycles. The van der Waals surface area contributed by atoms with E-state index < -0.39 is 86.5 Å². The molecule has 55 heavy (non-hydrogen) atoms. The molecule has 1 heterocycles. The fourth-order valence-corrected chi connectivity index (χ4v) is 11.0. The maximum atomic E-state index is 12.8. The van der Waals surface area contributed by atoms with Crippen LogP contribution in [-0.4, -0.2) is 95.2 Å². The lowest BCUT2D eigenvalue weighted by Gasteiger charge is -2.47. The number of nitrogens with zero attached hydrogens (tertiary/aromatic N) is 3. The van der Waals surface area contributed by atoms with Gasteiger partial charge in [0, 0.05) is 11.8 Å². The summed E-state index contributed by atoms with van der Waals surface area (Å²) < 4.78 is 41.0. The molecule has 3 aromatic carbocycles. The third-order valence-electron chi connectivity index (χ3n) is 8.78. The first-order valence-corrected chi connectivity index (χ1v) is 19.8. The van der Waals surface area contributed by atoms with Gasteiger partial charge < -0.3 is 38.2 Å². The summed E-state index contributed by atoms with van der Waals surface area (Å²) in [7, 11) is -2.10. The Balaban J connectivity index is 1.70. The molecule has 15 nitrogen and oxygen atoms in total. The van der Waals surface area contributed by atoms with Crippen LogP contribution < -0.4 is 15.7 Å². The van der Waals surface area contributed by atoms with Gasteiger partial charge in [0.1, 0.15) is 24.6 Å². The van der Waals surface area contributed by atoms with Crippen LogP contribution in [0.3, 0.4) is 0 Å². The van der Waals surface area contributed by atoms with Crippen molar-refractivity contribution in [2.75, 3.05) is 26.2 Å². The normalized spacial score (nSPS) is 20.2. The number of nitrogens with one attached hydrogen (secondary N) is 1. The zero-order valence-corrected chi connectivity index (χ0v) is 32.9. The third kappa shape index (κ3) is 11.1. The Morgan fingerprint density at radius 2 is 1.51 bits per heavy atom. The number of hydrogen-bond donors (Lipinski definition) is 1. The van der Waals surface area contributed by atoms with E-state index in [-0.39, 0.29) is 13.2 Å². The molecule has 1 aliphatic heterocycles. The number of carbonyl (C=O) groups is 4. The molecule has 0 bridgehead atoms. The Hall–Kier alpha value is -4.96. The Labute approximate surface area is 325 Å². The highest BCUT2D eigenvalue weighted by Crippen LogP contribution is 2.38. The van der Waals surface area contributed by atoms with E-state index in [1.807, 2.05) is 66.7 Å². The first-order valence-electron chi connectivity index (χ1n) is 17.4. The van der Waals surface area contributed by atoms with E-state index in [0.29, 0.717) is 5.56 Å². The molecule has 4 rings (SSSR count). The summed E-state index contributed by atoms with van der Waals surface area (Å²) in [5.41, 5.74) is 10.3. The van der Waals surface area contributed by atoms with Crippen LogP contribution in [0.5, 0.6) is 0 Å². The number of methoxy groups -OCH3 is 1. The van der Waals surface area contributed by atoms with Gasteiger partial charge in [0.2, 0.25) is 0 Å². The quantitative estimate of drug-likeness (QED) is 0.0407. The average molecular weight is 797 g/mol. The van der Waals surface area contributed by atoms with Crippen LogP contribution in [0, 0.1) is 0 Å². The second-order valence-electron chi connectivity index (χ2n) is 13.5. The Morgan fingerprint density at radius 3 is 2.02 bits per heavy atom. The highest BCUT2D eigenvalue weighted by atomic mass is 35.5. The fraction of sp³-hybridized carbons (Fsp3) is 0.421. The molecule has 17 heteroatoms. The van der Waals surface area contributed by atoms with Gasteiger partial charge in [-0.1, -0.05) is 117 Å². The number of azide groups is 1. The van der Waals surface area contributed by atoms with E-state index >= 15 is 0 Å². The predicted octanol–water partition coefficient (Wildman–Crippen LogP) is 4.53. The molecule has 0 saturated carbocycles. The van der Waals surface area contributed by atoms with Crippen molar-refractivity contribution in [3.63, 3.8) is 0 Å². The summed E-state index contributed by atoms with van der Waals surface area (Å²) in [4.78, 5) is 53.7. The second kappa shape index (κ2) is 20.1. The van der Waals surface area contributed by atoms with E-state index in [2.05, 4.69) is 36.1 Å². The molecule has 1 amide bonds. The molecule has 294 valence electrons. The minimum atomic E-state index is -3.22. The van der Waals surface area contributed by atoms with Gasteiger partial charge in [0.25, 0.3) is 8.32 Å². The lowest BCUT2D eigenvalue weighted by Crippen LogP contribution is -2.68. The van der Waals surface area contributed by atoms with E-state index in [4.69, 9.17) is 44.4 Å². The van der Waals surface area contributed by atoms with E-state index in [1.54, 1.807) is 24.3 Å². The van der Waals surface area contributed by atoms with Crippen molar-refractivity contribution in [1.29, 1.82) is 0 Å². The number of rotatable bonds is 16. The standard InChI is InChI=1S/C38H45ClN4O11Si/c1-25(44)52-33-30(24-51-55(38(2,3)4,27-17-11-7-12-18-27)28-19-13-8-14-20-28)53-36(32(42-43-40)34(33)54-31(45)21-39)49-23-29(35(46)48-5)41-37(47)50-22-26-15-9-6-10-16-26/h6-20,29-30,32-34,36H,21-24H2,1-5H3,(H,41,47)/t29-,30+,32+,33-,34+,36-/m0/s1. The summed E-state index contributed by atoms with van der Waals surface area (Å²) in [5.74, 6) is -3.13. The molecule has 6 atom stereocenters. The summed E-state index contributed by atoms with van der Waals surface area (Å²) in [6.45, 7) is 6.50. The minimum Gasteiger partial charge on any atom is -0.467 e. The number of alkyl halides is 1. The summed E-state index contributed by atoms with van der Waals surface area (Å²) >= 11 is 5.83. The van der Waals surface area contributed by atoms with Gasteiger partial charge in [-0.25, -0.2) is 9.59 Å². The van der Waals surface area contributed by atoms with Crippen molar-refractivity contribution in [1.82, 2.24) is 5.32 Å². The van der Waals surface area contributed by atoms with Crippen LogP contribution >= 0.6 is 11.6 Å². The molecule has 0 unspecified atom stereocenters. The topological polar surface area (TPSA) is 194 Å². The minimum absolute atomic E-state index is 0.0791. The number of amides is 1. The van der Waals surface area contributed by atoms with Gasteiger partial charge in [-0.05, 0) is 26.5 Å². The van der Waals surface area contributed by atoms with Crippen molar-refractivity contribution in [2.24, 2.45) is 5.11 Å². The molecular formula is C38H45ClN4O11Si. The number of esters is 3. The van der Waals surface area contributed by atoms with Gasteiger partial charge in [-0.15, -0.1) is 11.6 Å². The predicted molar refractivity (Wildman–Crippen MR) is 203 cm³/mol. The maximum Gasteiger partial charge on any atom is 0.408 e. The van der Waals surface area contributed by atoms with E-state index in [1.165, 1.54) is 0 Å². The van der Waals surface area contributed by atoms with Crippen LogP contribution in [0.4, 0.5) is 4.79 Å². The lowest BCUT2D eigenvalue weighted by molar-refractivity contribution is -0.272. The van der Waals surface area contributed by atoms with Crippen molar-refractivity contribution in [3.8, 4) is 0 Å². The second-order valence-corrected chi connectivity index (χ2v) is 18.1. The first kappa shape index (κ1) is 42.8. The summed E-state index contributed by atoms with van der Waals surface area (Å²) in [6.07, 6.45) is -6.55. The third-order valence-corrected chi connectivity index (χ3v) is 14.0. The van der Waals surface area contributed by atoms with Crippen LogP contribution in [-0.2, 0) is 53.8 Å². The SMILES string of the molecule is COC(=O)[C@H](CO[C@H]1O[C@H](CO[Si](c2ccccc2)(c2ccccc2)C(C)(C)C)[C@H](OC(C)=O)[C@H](OC(=O)CCl)[C@H]1N=[N+]=[N-])NC(=O)OCc1ccccc1. The van der Waals surface area contributed by atoms with Gasteiger partial charge in [0.15, 0.2) is 24.5 Å². The van der Waals surface area contributed by atoms with E-state index in [9.17, 15) is 24.7 Å². The highest BCUT2D eigenvalue weighted by molar-refractivity contribution is 6.99. The Bertz CT molecular complexity index is 1740. The van der Waals surface area contributed by atoms with Gasteiger partial charge in [0.05, 0.1) is 20.3 Å². The fourth-order valence-electron chi connectivity index (χ4n) is 6.38. The number of benzene rings is 3. The Kier molecular flexibility index (Phi) is 15.6. The molecule has 3 aromatic rings. The molecule has 0 radical (unpaired) electrons. The van der Waals surface area contributed by atoms with Crippen molar-refractivity contribution >= 4 is 54.3 Å². The number of carbonyl (C=O) groups excluding carboxylic acids is 4. The van der Waals surface area contributed by atoms with Crippen LogP contribution in [0.2, 0.25) is 5.04 Å². The van der Waals surface area contributed by atoms with Gasteiger partial charge in [-0.2, -0.15) is 0 Å². The molecule has 1 fully saturated rings. The highest BCUT2D eigenvalue weighted by Gasteiger charge is 2.54.